The number of halogens is 2. The molecule has 1 aliphatic heterocycles. The number of aromatic nitrogens is 2. The summed E-state index contributed by atoms with van der Waals surface area (Å²) in [5.41, 5.74) is -0.0835. The van der Waals surface area contributed by atoms with E-state index in [4.69, 9.17) is 4.74 Å². The molecule has 1 aromatic heterocycles. The molecule has 0 radical (unpaired) electrons. The van der Waals surface area contributed by atoms with Gasteiger partial charge in [0.15, 0.2) is 5.82 Å². The zero-order chi connectivity index (χ0) is 14.8. The predicted octanol–water partition coefficient (Wildman–Crippen LogP) is 2.79. The van der Waals surface area contributed by atoms with Gasteiger partial charge in [0.05, 0.1) is 12.2 Å². The summed E-state index contributed by atoms with van der Waals surface area (Å²) in [5.74, 6) is -1.74. The number of hydrogen-bond donors (Lipinski definition) is 0. The SMILES string of the molecule is CCN(C[C@H]1CCC(C)(C)OC1)c1ncnc(F)c1F. The lowest BCUT2D eigenvalue weighted by atomic mass is 9.91. The van der Waals surface area contributed by atoms with Crippen LogP contribution in [0, 0.1) is 17.7 Å². The third-order valence-electron chi connectivity index (χ3n) is 3.75. The third-order valence-corrected chi connectivity index (χ3v) is 3.75. The van der Waals surface area contributed by atoms with Crippen molar-refractivity contribution in [2.45, 2.75) is 39.2 Å². The number of anilines is 1. The van der Waals surface area contributed by atoms with Crippen molar-refractivity contribution in [3.05, 3.63) is 18.1 Å². The standard InChI is InChI=1S/C14H21F2N3O/c1-4-19(13-11(15)12(16)17-9-18-13)7-10-5-6-14(2,3)20-8-10/h9-10H,4-8H2,1-3H3/t10-/m1/s1. The second-order valence-electron chi connectivity index (χ2n) is 5.82. The highest BCUT2D eigenvalue weighted by molar-refractivity contribution is 5.38. The highest BCUT2D eigenvalue weighted by Crippen LogP contribution is 2.29. The van der Waals surface area contributed by atoms with Crippen LogP contribution in [-0.4, -0.2) is 35.3 Å². The summed E-state index contributed by atoms with van der Waals surface area (Å²) in [6, 6.07) is 0. The predicted molar refractivity (Wildman–Crippen MR) is 72.6 cm³/mol. The van der Waals surface area contributed by atoms with Gasteiger partial charge >= 0.3 is 0 Å². The van der Waals surface area contributed by atoms with Crippen molar-refractivity contribution in [3.63, 3.8) is 0 Å². The number of ether oxygens (including phenoxy) is 1. The number of rotatable bonds is 4. The summed E-state index contributed by atoms with van der Waals surface area (Å²) in [7, 11) is 0. The smallest absolute Gasteiger partial charge is 0.254 e. The first-order valence-electron chi connectivity index (χ1n) is 6.98. The van der Waals surface area contributed by atoms with Gasteiger partial charge in [-0.25, -0.2) is 9.97 Å². The first-order valence-corrected chi connectivity index (χ1v) is 6.98. The molecule has 0 N–H and O–H groups in total. The fourth-order valence-corrected chi connectivity index (χ4v) is 2.43. The van der Waals surface area contributed by atoms with Crippen LogP contribution in [0.4, 0.5) is 14.6 Å². The van der Waals surface area contributed by atoms with Gasteiger partial charge in [0.2, 0.25) is 5.82 Å². The van der Waals surface area contributed by atoms with Crippen molar-refractivity contribution in [1.82, 2.24) is 9.97 Å². The Morgan fingerprint density at radius 2 is 2.15 bits per heavy atom. The van der Waals surface area contributed by atoms with E-state index in [9.17, 15) is 8.78 Å². The lowest BCUT2D eigenvalue weighted by molar-refractivity contribution is -0.0747. The molecule has 0 spiro atoms. The fourth-order valence-electron chi connectivity index (χ4n) is 2.43. The van der Waals surface area contributed by atoms with Gasteiger partial charge in [0, 0.05) is 13.1 Å². The molecule has 0 saturated carbocycles. The van der Waals surface area contributed by atoms with E-state index in [1.54, 1.807) is 4.90 Å². The van der Waals surface area contributed by atoms with Crippen LogP contribution in [0.2, 0.25) is 0 Å². The monoisotopic (exact) mass is 285 g/mol. The maximum atomic E-state index is 13.7. The van der Waals surface area contributed by atoms with E-state index in [0.717, 1.165) is 19.2 Å². The van der Waals surface area contributed by atoms with Crippen molar-refractivity contribution in [1.29, 1.82) is 0 Å². The maximum Gasteiger partial charge on any atom is 0.254 e. The van der Waals surface area contributed by atoms with E-state index in [1.807, 2.05) is 6.92 Å². The minimum absolute atomic E-state index is 0.0323. The van der Waals surface area contributed by atoms with Crippen molar-refractivity contribution in [2.24, 2.45) is 5.92 Å². The largest absolute Gasteiger partial charge is 0.375 e. The van der Waals surface area contributed by atoms with Crippen LogP contribution in [0.15, 0.2) is 6.33 Å². The molecule has 0 amide bonds. The van der Waals surface area contributed by atoms with Gasteiger partial charge < -0.3 is 9.64 Å². The first kappa shape index (κ1) is 15.1. The van der Waals surface area contributed by atoms with E-state index >= 15 is 0 Å². The van der Waals surface area contributed by atoms with Crippen molar-refractivity contribution < 1.29 is 13.5 Å². The Morgan fingerprint density at radius 3 is 2.75 bits per heavy atom. The van der Waals surface area contributed by atoms with Gasteiger partial charge in [-0.3, -0.25) is 0 Å². The van der Waals surface area contributed by atoms with Crippen molar-refractivity contribution in [3.8, 4) is 0 Å². The summed E-state index contributed by atoms with van der Waals surface area (Å²) in [5, 5.41) is 0. The lowest BCUT2D eigenvalue weighted by Gasteiger charge is -2.37. The van der Waals surface area contributed by atoms with Crippen LogP contribution in [0.5, 0.6) is 0 Å². The van der Waals surface area contributed by atoms with Gasteiger partial charge in [-0.2, -0.15) is 8.78 Å². The lowest BCUT2D eigenvalue weighted by Crippen LogP contribution is -2.40. The van der Waals surface area contributed by atoms with E-state index < -0.39 is 11.8 Å². The van der Waals surface area contributed by atoms with Crippen LogP contribution < -0.4 is 4.90 Å². The van der Waals surface area contributed by atoms with Gasteiger partial charge in [-0.05, 0) is 39.5 Å². The molecule has 2 rings (SSSR count). The molecular weight excluding hydrogens is 264 g/mol. The molecule has 0 unspecified atom stereocenters. The van der Waals surface area contributed by atoms with Gasteiger partial charge in [0.25, 0.3) is 5.95 Å². The summed E-state index contributed by atoms with van der Waals surface area (Å²) in [6.07, 6.45) is 3.03. The maximum absolute atomic E-state index is 13.7. The summed E-state index contributed by atoms with van der Waals surface area (Å²) in [4.78, 5) is 8.82. The number of nitrogens with zero attached hydrogens (tertiary/aromatic N) is 3. The van der Waals surface area contributed by atoms with Crippen LogP contribution in [0.3, 0.4) is 0 Å². The van der Waals surface area contributed by atoms with E-state index in [-0.39, 0.29) is 11.4 Å². The van der Waals surface area contributed by atoms with Crippen LogP contribution in [0.1, 0.15) is 33.6 Å². The molecule has 0 aromatic carbocycles. The molecule has 2 heterocycles. The van der Waals surface area contributed by atoms with Crippen molar-refractivity contribution >= 4 is 5.82 Å². The Kier molecular flexibility index (Phi) is 4.52. The molecule has 1 fully saturated rings. The van der Waals surface area contributed by atoms with Gasteiger partial charge in [-0.15, -0.1) is 0 Å². The fraction of sp³-hybridized carbons (Fsp3) is 0.714. The third kappa shape index (κ3) is 3.42. The summed E-state index contributed by atoms with van der Waals surface area (Å²) < 4.78 is 32.7. The molecule has 1 atom stereocenters. The van der Waals surface area contributed by atoms with Gasteiger partial charge in [-0.1, -0.05) is 0 Å². The van der Waals surface area contributed by atoms with Crippen LogP contribution in [0.25, 0.3) is 0 Å². The number of hydrogen-bond acceptors (Lipinski definition) is 4. The summed E-state index contributed by atoms with van der Waals surface area (Å²) >= 11 is 0. The zero-order valence-corrected chi connectivity index (χ0v) is 12.2. The van der Waals surface area contributed by atoms with Crippen LogP contribution >= 0.6 is 0 Å². The molecule has 1 saturated heterocycles. The second kappa shape index (κ2) is 5.99. The summed E-state index contributed by atoms with van der Waals surface area (Å²) in [6.45, 7) is 7.85. The average Bonchev–Trinajstić information content (AvgIpc) is 2.41. The van der Waals surface area contributed by atoms with Crippen molar-refractivity contribution in [2.75, 3.05) is 24.6 Å². The normalized spacial score (nSPS) is 21.8. The topological polar surface area (TPSA) is 38.2 Å². The van der Waals surface area contributed by atoms with E-state index in [0.29, 0.717) is 25.6 Å². The van der Waals surface area contributed by atoms with E-state index in [2.05, 4.69) is 23.8 Å². The Balaban J connectivity index is 2.05. The highest BCUT2D eigenvalue weighted by Gasteiger charge is 2.29. The molecule has 20 heavy (non-hydrogen) atoms. The minimum Gasteiger partial charge on any atom is -0.375 e. The molecule has 0 aliphatic carbocycles. The molecule has 1 aliphatic rings. The Labute approximate surface area is 118 Å². The average molecular weight is 285 g/mol. The molecule has 1 aromatic rings. The quantitative estimate of drug-likeness (QED) is 0.797. The molecule has 6 heteroatoms. The molecule has 4 nitrogen and oxygen atoms in total. The first-order chi connectivity index (χ1) is 9.43. The van der Waals surface area contributed by atoms with Crippen LogP contribution in [-0.2, 0) is 4.74 Å². The Hall–Kier alpha value is -1.30. The molecule has 112 valence electrons. The highest BCUT2D eigenvalue weighted by atomic mass is 19.2. The second-order valence-corrected chi connectivity index (χ2v) is 5.82. The molecular formula is C14H21F2N3O. The Bertz CT molecular complexity index is 458. The molecule has 0 bridgehead atoms. The van der Waals surface area contributed by atoms with E-state index in [1.165, 1.54) is 0 Å². The Morgan fingerprint density at radius 1 is 1.40 bits per heavy atom. The minimum atomic E-state index is -1.10. The zero-order valence-electron chi connectivity index (χ0n) is 12.2. The van der Waals surface area contributed by atoms with Gasteiger partial charge in [0.1, 0.15) is 6.33 Å².